The van der Waals surface area contributed by atoms with Gasteiger partial charge in [0.15, 0.2) is 5.78 Å². The van der Waals surface area contributed by atoms with Crippen LogP contribution < -0.4 is 0 Å². The predicted molar refractivity (Wildman–Crippen MR) is 69.0 cm³/mol. The summed E-state index contributed by atoms with van der Waals surface area (Å²) < 4.78 is 13.6. The molecule has 1 aromatic carbocycles. The van der Waals surface area contributed by atoms with Crippen molar-refractivity contribution in [1.29, 1.82) is 0 Å². The van der Waals surface area contributed by atoms with E-state index in [0.717, 1.165) is 25.7 Å². The summed E-state index contributed by atoms with van der Waals surface area (Å²) in [5.74, 6) is -0.678. The predicted octanol–water partition coefficient (Wildman–Crippen LogP) is 4.88. The molecule has 0 fully saturated rings. The molecule has 1 rings (SSSR count). The summed E-state index contributed by atoms with van der Waals surface area (Å²) >= 11 is 5.67. The third kappa shape index (κ3) is 3.81. The van der Waals surface area contributed by atoms with Crippen molar-refractivity contribution in [3.63, 3.8) is 0 Å². The number of hydrogen-bond acceptors (Lipinski definition) is 1. The molecule has 3 heteroatoms. The Morgan fingerprint density at radius 1 is 1.29 bits per heavy atom. The molecule has 0 aliphatic carbocycles. The zero-order valence-electron chi connectivity index (χ0n) is 10.3. The fourth-order valence-corrected chi connectivity index (χ4v) is 2.17. The summed E-state index contributed by atoms with van der Waals surface area (Å²) in [6.45, 7) is 4.07. The molecule has 0 N–H and O–H groups in total. The molecule has 0 amide bonds. The smallest absolute Gasteiger partial charge is 0.168 e. The van der Waals surface area contributed by atoms with Crippen molar-refractivity contribution in [2.75, 3.05) is 0 Å². The van der Waals surface area contributed by atoms with Gasteiger partial charge in [0.05, 0.1) is 5.56 Å². The van der Waals surface area contributed by atoms with Crippen molar-refractivity contribution in [2.45, 2.75) is 39.5 Å². The van der Waals surface area contributed by atoms with Gasteiger partial charge in [-0.25, -0.2) is 4.39 Å². The molecule has 0 aliphatic heterocycles. The van der Waals surface area contributed by atoms with Crippen molar-refractivity contribution in [3.8, 4) is 0 Å². The van der Waals surface area contributed by atoms with E-state index in [4.69, 9.17) is 11.6 Å². The molecule has 0 atom stereocenters. The molecule has 17 heavy (non-hydrogen) atoms. The van der Waals surface area contributed by atoms with Gasteiger partial charge in [-0.2, -0.15) is 0 Å². The Hall–Kier alpha value is -0.890. The molecule has 0 unspecified atom stereocenters. The first-order valence-electron chi connectivity index (χ1n) is 6.09. The fraction of sp³-hybridized carbons (Fsp3) is 0.500. The molecule has 94 valence electrons. The van der Waals surface area contributed by atoms with Crippen molar-refractivity contribution < 1.29 is 9.18 Å². The molecule has 0 aliphatic rings. The van der Waals surface area contributed by atoms with Gasteiger partial charge in [-0.3, -0.25) is 4.79 Å². The third-order valence-electron chi connectivity index (χ3n) is 2.84. The highest BCUT2D eigenvalue weighted by atomic mass is 35.5. The Bertz CT molecular complexity index is 384. The fourth-order valence-electron chi connectivity index (χ4n) is 2.01. The van der Waals surface area contributed by atoms with Gasteiger partial charge in [0.1, 0.15) is 5.82 Å². The summed E-state index contributed by atoms with van der Waals surface area (Å²) in [6, 6.07) is 4.24. The first kappa shape index (κ1) is 14.2. The van der Waals surface area contributed by atoms with E-state index >= 15 is 0 Å². The van der Waals surface area contributed by atoms with Crippen molar-refractivity contribution in [3.05, 3.63) is 34.6 Å². The Morgan fingerprint density at radius 2 is 1.88 bits per heavy atom. The molecule has 1 nitrogen and oxygen atoms in total. The summed E-state index contributed by atoms with van der Waals surface area (Å²) in [5, 5.41) is 0.321. The van der Waals surface area contributed by atoms with Gasteiger partial charge in [0, 0.05) is 10.9 Å². The second-order valence-electron chi connectivity index (χ2n) is 4.26. The lowest BCUT2D eigenvalue weighted by Gasteiger charge is -2.14. The first-order chi connectivity index (χ1) is 8.10. The summed E-state index contributed by atoms with van der Waals surface area (Å²) in [4.78, 5) is 12.2. The third-order valence-corrected chi connectivity index (χ3v) is 3.08. The number of Topliss-reactive ketones (excluding diaryl/α,β-unsaturated/α-hetero) is 1. The highest BCUT2D eigenvalue weighted by Crippen LogP contribution is 2.23. The standard InChI is InChI=1S/C14H18ClFO/c1-3-5-10(6-4-2)14(17)12-8-7-11(15)9-13(12)16/h7-10H,3-6H2,1-2H3. The van der Waals surface area contributed by atoms with Crippen LogP contribution in [-0.4, -0.2) is 5.78 Å². The summed E-state index contributed by atoms with van der Waals surface area (Å²) in [5.41, 5.74) is 0.168. The molecular weight excluding hydrogens is 239 g/mol. The summed E-state index contributed by atoms with van der Waals surface area (Å²) in [7, 11) is 0. The van der Waals surface area contributed by atoms with Gasteiger partial charge < -0.3 is 0 Å². The number of carbonyl (C=O) groups is 1. The average molecular weight is 257 g/mol. The Labute approximate surface area is 107 Å². The maximum Gasteiger partial charge on any atom is 0.168 e. The van der Waals surface area contributed by atoms with Crippen LogP contribution in [-0.2, 0) is 0 Å². The molecule has 0 aromatic heterocycles. The highest BCUT2D eigenvalue weighted by Gasteiger charge is 2.21. The second-order valence-corrected chi connectivity index (χ2v) is 4.70. The van der Waals surface area contributed by atoms with E-state index in [9.17, 15) is 9.18 Å². The zero-order valence-corrected chi connectivity index (χ0v) is 11.1. The lowest BCUT2D eigenvalue weighted by Crippen LogP contribution is -2.16. The minimum Gasteiger partial charge on any atom is -0.294 e. The van der Waals surface area contributed by atoms with E-state index in [1.807, 2.05) is 13.8 Å². The normalized spacial score (nSPS) is 10.9. The molecule has 0 radical (unpaired) electrons. The Morgan fingerprint density at radius 3 is 2.35 bits per heavy atom. The van der Waals surface area contributed by atoms with E-state index < -0.39 is 5.82 Å². The maximum absolute atomic E-state index is 13.6. The van der Waals surface area contributed by atoms with Crippen LogP contribution in [0.1, 0.15) is 49.9 Å². The Balaban J connectivity index is 2.92. The maximum atomic E-state index is 13.6. The van der Waals surface area contributed by atoms with E-state index in [0.29, 0.717) is 5.02 Å². The first-order valence-corrected chi connectivity index (χ1v) is 6.47. The number of ketones is 1. The lowest BCUT2D eigenvalue weighted by atomic mass is 9.89. The van der Waals surface area contributed by atoms with E-state index in [1.54, 1.807) is 6.07 Å². The number of benzene rings is 1. The minimum absolute atomic E-state index is 0.0688. The van der Waals surface area contributed by atoms with Crippen LogP contribution in [0.3, 0.4) is 0 Å². The number of carbonyl (C=O) groups excluding carboxylic acids is 1. The number of rotatable bonds is 6. The SMILES string of the molecule is CCCC(CCC)C(=O)c1ccc(Cl)cc1F. The lowest BCUT2D eigenvalue weighted by molar-refractivity contribution is 0.0900. The Kier molecular flexibility index (Phi) is 5.63. The van der Waals surface area contributed by atoms with Gasteiger partial charge >= 0.3 is 0 Å². The van der Waals surface area contributed by atoms with E-state index in [1.165, 1.54) is 12.1 Å². The van der Waals surface area contributed by atoms with Crippen LogP contribution in [0.4, 0.5) is 4.39 Å². The van der Waals surface area contributed by atoms with Gasteiger partial charge in [0.2, 0.25) is 0 Å². The quantitative estimate of drug-likeness (QED) is 0.663. The van der Waals surface area contributed by atoms with Crippen LogP contribution in [0.15, 0.2) is 18.2 Å². The van der Waals surface area contributed by atoms with Crippen LogP contribution in [0.25, 0.3) is 0 Å². The van der Waals surface area contributed by atoms with E-state index in [-0.39, 0.29) is 17.3 Å². The highest BCUT2D eigenvalue weighted by molar-refractivity contribution is 6.30. The topological polar surface area (TPSA) is 17.1 Å². The largest absolute Gasteiger partial charge is 0.294 e. The van der Waals surface area contributed by atoms with Crippen LogP contribution in [0.2, 0.25) is 5.02 Å². The molecule has 0 heterocycles. The molecule has 0 bridgehead atoms. The molecule has 0 saturated carbocycles. The zero-order chi connectivity index (χ0) is 12.8. The van der Waals surface area contributed by atoms with Gasteiger partial charge in [-0.05, 0) is 31.0 Å². The second kappa shape index (κ2) is 6.75. The molecular formula is C14H18ClFO. The minimum atomic E-state index is -0.514. The van der Waals surface area contributed by atoms with Gasteiger partial charge in [-0.1, -0.05) is 38.3 Å². The van der Waals surface area contributed by atoms with Crippen molar-refractivity contribution in [2.24, 2.45) is 5.92 Å². The monoisotopic (exact) mass is 256 g/mol. The summed E-state index contributed by atoms with van der Waals surface area (Å²) in [6.07, 6.45) is 3.50. The molecule has 0 spiro atoms. The van der Waals surface area contributed by atoms with Crippen LogP contribution in [0.5, 0.6) is 0 Å². The average Bonchev–Trinajstić information content (AvgIpc) is 2.28. The van der Waals surface area contributed by atoms with Gasteiger partial charge in [-0.15, -0.1) is 0 Å². The van der Waals surface area contributed by atoms with Crippen molar-refractivity contribution >= 4 is 17.4 Å². The van der Waals surface area contributed by atoms with E-state index in [2.05, 4.69) is 0 Å². The van der Waals surface area contributed by atoms with Crippen LogP contribution >= 0.6 is 11.6 Å². The van der Waals surface area contributed by atoms with Gasteiger partial charge in [0.25, 0.3) is 0 Å². The van der Waals surface area contributed by atoms with Crippen LogP contribution in [0, 0.1) is 11.7 Å². The van der Waals surface area contributed by atoms with Crippen molar-refractivity contribution in [1.82, 2.24) is 0 Å². The number of hydrogen-bond donors (Lipinski definition) is 0. The molecule has 1 aromatic rings. The molecule has 0 saturated heterocycles. The number of halogens is 2.